The minimum atomic E-state index is -4.70. The van der Waals surface area contributed by atoms with Gasteiger partial charge in [0.25, 0.3) is 7.82 Å². The van der Waals surface area contributed by atoms with Gasteiger partial charge < -0.3 is 28.5 Å². The van der Waals surface area contributed by atoms with Gasteiger partial charge in [-0.1, -0.05) is 289 Å². The van der Waals surface area contributed by atoms with Crippen LogP contribution in [-0.4, -0.2) is 69.4 Å². The van der Waals surface area contributed by atoms with Crippen LogP contribution >= 0.6 is 7.82 Å². The largest absolute Gasteiger partial charge is 0.756 e. The average Bonchev–Trinajstić information content (AvgIpc) is 3.39. The van der Waals surface area contributed by atoms with Crippen LogP contribution in [0.5, 0.6) is 0 Å². The molecule has 3 atom stereocenters. The standard InChI is InChI=1S/C67H129N2O7P/c1-7-10-13-16-19-22-25-28-30-32-33-34-35-37-38-41-44-47-50-53-56-59-66(70)68-64(63-75-77(72,73)74-62-61-69(4,5)6)65(58-55-52-49-46-43-40-27-24-21-18-15-12-9-3)76-67(71)60-57-54-51-48-45-42-39-36-31-29-26-23-20-17-14-11-8-2/h20,23,29,31,55,58,64-65H,7-19,21-22,24-28,30,32-54,56-57,59-63H2,1-6H3,(H-,68,70,72,73)/b23-20-,31-29-,58-55+. The Morgan fingerprint density at radius 1 is 0.455 bits per heavy atom. The number of rotatable bonds is 61. The van der Waals surface area contributed by atoms with Crippen molar-refractivity contribution in [1.82, 2.24) is 5.32 Å². The maximum absolute atomic E-state index is 13.6. The molecular weight excluding hydrogens is 976 g/mol. The zero-order valence-corrected chi connectivity index (χ0v) is 52.8. The molecule has 1 amide bonds. The van der Waals surface area contributed by atoms with E-state index in [1.54, 1.807) is 0 Å². The Balaban J connectivity index is 5.18. The molecule has 0 fully saturated rings. The molecule has 0 saturated heterocycles. The Morgan fingerprint density at radius 2 is 0.792 bits per heavy atom. The fourth-order valence-electron chi connectivity index (χ4n) is 9.91. The summed E-state index contributed by atoms with van der Waals surface area (Å²) in [6, 6.07) is -0.888. The molecule has 1 N–H and O–H groups in total. The molecule has 0 aromatic carbocycles. The van der Waals surface area contributed by atoms with Gasteiger partial charge in [-0.15, -0.1) is 0 Å². The van der Waals surface area contributed by atoms with E-state index in [2.05, 4.69) is 50.4 Å². The highest BCUT2D eigenvalue weighted by Crippen LogP contribution is 2.38. The fourth-order valence-corrected chi connectivity index (χ4v) is 10.6. The van der Waals surface area contributed by atoms with Crippen molar-refractivity contribution in [2.75, 3.05) is 40.9 Å². The normalized spacial score (nSPS) is 13.8. The van der Waals surface area contributed by atoms with E-state index in [9.17, 15) is 19.0 Å². The summed E-state index contributed by atoms with van der Waals surface area (Å²) in [5.41, 5.74) is 0. The molecule has 0 aliphatic rings. The number of ether oxygens (including phenoxy) is 1. The predicted molar refractivity (Wildman–Crippen MR) is 330 cm³/mol. The molecule has 10 heteroatoms. The number of carbonyl (C=O) groups is 2. The minimum Gasteiger partial charge on any atom is -0.756 e. The first-order chi connectivity index (χ1) is 37.4. The molecule has 0 aromatic rings. The molecule has 77 heavy (non-hydrogen) atoms. The fraction of sp³-hybridized carbons (Fsp3) is 0.881. The Kier molecular flexibility index (Phi) is 56.1. The molecule has 0 bridgehead atoms. The third-order valence-corrected chi connectivity index (χ3v) is 16.0. The lowest BCUT2D eigenvalue weighted by Gasteiger charge is -2.30. The highest BCUT2D eigenvalue weighted by molar-refractivity contribution is 7.45. The van der Waals surface area contributed by atoms with Crippen LogP contribution in [-0.2, 0) is 27.9 Å². The smallest absolute Gasteiger partial charge is 0.306 e. The SMILES string of the molecule is CCCCC/C=C\C/C=C\CCCCCCCCCC(=O)OC(/C=C/CCCCCCCCCCCCC)C(COP(=O)([O-])OCC[N+](C)(C)C)NC(=O)CCCCCCCCCCCCCCCCCCCCCCC. The summed E-state index contributed by atoms with van der Waals surface area (Å²) in [6.45, 7) is 6.86. The van der Waals surface area contributed by atoms with E-state index < -0.39 is 20.0 Å². The molecule has 0 saturated carbocycles. The Hall–Kier alpha value is -1.77. The topological polar surface area (TPSA) is 114 Å². The number of amides is 1. The van der Waals surface area contributed by atoms with Crippen molar-refractivity contribution in [2.24, 2.45) is 0 Å². The maximum Gasteiger partial charge on any atom is 0.306 e. The third-order valence-electron chi connectivity index (χ3n) is 15.1. The number of likely N-dealkylation sites (N-methyl/N-ethyl adjacent to an activating group) is 1. The number of unbranched alkanes of at least 4 members (excludes halogenated alkanes) is 41. The molecular formula is C67H129N2O7P. The van der Waals surface area contributed by atoms with Crippen molar-refractivity contribution >= 4 is 19.7 Å². The van der Waals surface area contributed by atoms with E-state index in [-0.39, 0.29) is 31.5 Å². The van der Waals surface area contributed by atoms with Crippen molar-refractivity contribution in [3.63, 3.8) is 0 Å². The summed E-state index contributed by atoms with van der Waals surface area (Å²) in [7, 11) is 1.19. The van der Waals surface area contributed by atoms with Gasteiger partial charge in [-0.25, -0.2) is 0 Å². The second kappa shape index (κ2) is 57.5. The lowest BCUT2D eigenvalue weighted by molar-refractivity contribution is -0.870. The molecule has 9 nitrogen and oxygen atoms in total. The van der Waals surface area contributed by atoms with Gasteiger partial charge in [0.05, 0.1) is 33.8 Å². The van der Waals surface area contributed by atoms with E-state index in [1.165, 1.54) is 218 Å². The second-order valence-corrected chi connectivity index (χ2v) is 25.4. The zero-order chi connectivity index (χ0) is 56.4. The van der Waals surface area contributed by atoms with Crippen molar-refractivity contribution in [3.8, 4) is 0 Å². The van der Waals surface area contributed by atoms with E-state index in [4.69, 9.17) is 13.8 Å². The molecule has 0 aliphatic heterocycles. The molecule has 454 valence electrons. The lowest BCUT2D eigenvalue weighted by atomic mass is 10.0. The van der Waals surface area contributed by atoms with Crippen LogP contribution in [0.1, 0.15) is 329 Å². The number of carbonyl (C=O) groups excluding carboxylic acids is 2. The van der Waals surface area contributed by atoms with Crippen LogP contribution in [0.4, 0.5) is 0 Å². The molecule has 0 radical (unpaired) electrons. The van der Waals surface area contributed by atoms with Gasteiger partial charge in [0.15, 0.2) is 0 Å². The summed E-state index contributed by atoms with van der Waals surface area (Å²) in [5, 5.41) is 3.04. The quantitative estimate of drug-likeness (QED) is 0.0212. The molecule has 3 unspecified atom stereocenters. The Labute approximate surface area is 478 Å². The number of nitrogens with one attached hydrogen (secondary N) is 1. The van der Waals surface area contributed by atoms with E-state index in [1.807, 2.05) is 33.3 Å². The number of phosphoric acid groups is 1. The van der Waals surface area contributed by atoms with Crippen LogP contribution in [0.2, 0.25) is 0 Å². The minimum absolute atomic E-state index is 0.0211. The Morgan fingerprint density at radius 3 is 1.19 bits per heavy atom. The monoisotopic (exact) mass is 1100 g/mol. The Bertz CT molecular complexity index is 1410. The predicted octanol–water partition coefficient (Wildman–Crippen LogP) is 20.0. The maximum atomic E-state index is 13.6. The summed E-state index contributed by atoms with van der Waals surface area (Å²) in [6.07, 6.45) is 69.7. The number of allylic oxidation sites excluding steroid dienone is 5. The number of nitrogens with zero attached hydrogens (tertiary/aromatic N) is 1. The number of hydrogen-bond acceptors (Lipinski definition) is 7. The summed E-state index contributed by atoms with van der Waals surface area (Å²) >= 11 is 0. The lowest BCUT2D eigenvalue weighted by Crippen LogP contribution is -2.47. The van der Waals surface area contributed by atoms with Crippen LogP contribution < -0.4 is 10.2 Å². The number of hydrogen-bond donors (Lipinski definition) is 1. The van der Waals surface area contributed by atoms with E-state index >= 15 is 0 Å². The highest BCUT2D eigenvalue weighted by Gasteiger charge is 2.27. The second-order valence-electron chi connectivity index (χ2n) is 24.0. The van der Waals surface area contributed by atoms with Gasteiger partial charge >= 0.3 is 5.97 Å². The summed E-state index contributed by atoms with van der Waals surface area (Å²) in [4.78, 5) is 40.1. The molecule has 0 aliphatic carbocycles. The van der Waals surface area contributed by atoms with Gasteiger partial charge in [0.2, 0.25) is 5.91 Å². The van der Waals surface area contributed by atoms with E-state index in [0.29, 0.717) is 17.4 Å². The first-order valence-electron chi connectivity index (χ1n) is 33.3. The van der Waals surface area contributed by atoms with Crippen LogP contribution in [0.15, 0.2) is 36.5 Å². The van der Waals surface area contributed by atoms with Gasteiger partial charge in [0, 0.05) is 12.8 Å². The first-order valence-corrected chi connectivity index (χ1v) is 34.8. The molecule has 0 spiro atoms. The van der Waals surface area contributed by atoms with Crippen molar-refractivity contribution in [2.45, 2.75) is 341 Å². The number of phosphoric ester groups is 1. The van der Waals surface area contributed by atoms with Crippen LogP contribution in [0.25, 0.3) is 0 Å². The molecule has 0 heterocycles. The van der Waals surface area contributed by atoms with Gasteiger partial charge in [0.1, 0.15) is 19.3 Å². The summed E-state index contributed by atoms with van der Waals surface area (Å²) < 4.78 is 30.4. The third kappa shape index (κ3) is 58.7. The van der Waals surface area contributed by atoms with Crippen molar-refractivity contribution in [3.05, 3.63) is 36.5 Å². The van der Waals surface area contributed by atoms with Crippen molar-refractivity contribution in [1.29, 1.82) is 0 Å². The number of quaternary nitrogens is 1. The summed E-state index contributed by atoms with van der Waals surface area (Å²) in [5.74, 6) is -0.533. The zero-order valence-electron chi connectivity index (χ0n) is 51.9. The van der Waals surface area contributed by atoms with Gasteiger partial charge in [-0.05, 0) is 63.9 Å². The molecule has 0 rings (SSSR count). The van der Waals surface area contributed by atoms with Gasteiger partial charge in [-0.3, -0.25) is 14.2 Å². The van der Waals surface area contributed by atoms with Gasteiger partial charge in [-0.2, -0.15) is 0 Å². The molecule has 0 aromatic heterocycles. The average molecular weight is 1110 g/mol. The first kappa shape index (κ1) is 75.2. The van der Waals surface area contributed by atoms with Crippen LogP contribution in [0, 0.1) is 0 Å². The number of esters is 1. The van der Waals surface area contributed by atoms with Crippen molar-refractivity contribution < 1.29 is 37.3 Å². The van der Waals surface area contributed by atoms with E-state index in [0.717, 1.165) is 77.0 Å². The highest BCUT2D eigenvalue weighted by atomic mass is 31.2. The van der Waals surface area contributed by atoms with Crippen LogP contribution in [0.3, 0.4) is 0 Å².